The molecule has 27 heavy (non-hydrogen) atoms. The first-order chi connectivity index (χ1) is 13.1. The third kappa shape index (κ3) is 7.46. The Bertz CT molecular complexity index is 577. The Balaban J connectivity index is 2.20. The number of aromatic nitrogens is 1. The molecule has 4 N–H and O–H groups in total. The van der Waals surface area contributed by atoms with Crippen LogP contribution in [0.4, 0.5) is 0 Å². The lowest BCUT2D eigenvalue weighted by Crippen LogP contribution is -2.37. The van der Waals surface area contributed by atoms with Gasteiger partial charge in [0.25, 0.3) is 0 Å². The molecule has 7 nitrogen and oxygen atoms in total. The van der Waals surface area contributed by atoms with Crippen LogP contribution in [0.2, 0.25) is 0 Å². The topological polar surface area (TPSA) is 96.1 Å². The molecule has 1 aromatic heterocycles. The van der Waals surface area contributed by atoms with E-state index in [1.165, 1.54) is 0 Å². The minimum Gasteiger partial charge on any atom is -0.329 e. The molecular formula is C20H35N7. The lowest BCUT2D eigenvalue weighted by molar-refractivity contribution is 0.239. The van der Waals surface area contributed by atoms with Gasteiger partial charge in [-0.3, -0.25) is 9.98 Å². The first kappa shape index (κ1) is 21.6. The predicted octanol–water partition coefficient (Wildman–Crippen LogP) is 0.625. The molecule has 1 aliphatic heterocycles. The van der Waals surface area contributed by atoms with Gasteiger partial charge in [0.15, 0.2) is 0 Å². The zero-order valence-electron chi connectivity index (χ0n) is 16.9. The van der Waals surface area contributed by atoms with Crippen molar-refractivity contribution in [2.24, 2.45) is 21.5 Å². The van der Waals surface area contributed by atoms with Gasteiger partial charge in [0.05, 0.1) is 35.9 Å². The van der Waals surface area contributed by atoms with Gasteiger partial charge in [-0.25, -0.2) is 4.98 Å². The van der Waals surface area contributed by atoms with Gasteiger partial charge in [-0.15, -0.1) is 0 Å². The fraction of sp³-hybridized carbons (Fsp3) is 0.650. The van der Waals surface area contributed by atoms with Gasteiger partial charge in [-0.2, -0.15) is 0 Å². The summed E-state index contributed by atoms with van der Waals surface area (Å²) >= 11 is 0. The van der Waals surface area contributed by atoms with E-state index in [9.17, 15) is 0 Å². The Kier molecular flexibility index (Phi) is 9.55. The first-order valence-electron chi connectivity index (χ1n) is 9.98. The fourth-order valence-electron chi connectivity index (χ4n) is 3.27. The zero-order chi connectivity index (χ0) is 19.5. The number of pyridine rings is 1. The van der Waals surface area contributed by atoms with Gasteiger partial charge in [0, 0.05) is 39.3 Å². The van der Waals surface area contributed by atoms with Crippen LogP contribution in [0.15, 0.2) is 28.2 Å². The number of nitrogens with two attached hydrogens (primary N) is 2. The average molecular weight is 374 g/mol. The summed E-state index contributed by atoms with van der Waals surface area (Å²) in [5.74, 6) is 0. The molecule has 2 bridgehead atoms. The van der Waals surface area contributed by atoms with Crippen molar-refractivity contribution in [2.45, 2.75) is 20.3 Å². The van der Waals surface area contributed by atoms with E-state index >= 15 is 0 Å². The summed E-state index contributed by atoms with van der Waals surface area (Å²) in [5, 5.41) is 0. The second kappa shape index (κ2) is 11.9. The van der Waals surface area contributed by atoms with Crippen molar-refractivity contribution in [2.75, 3.05) is 65.4 Å². The zero-order valence-corrected chi connectivity index (χ0v) is 16.9. The third-order valence-corrected chi connectivity index (χ3v) is 4.86. The molecular weight excluding hydrogens is 338 g/mol. The molecule has 7 heteroatoms. The lowest BCUT2D eigenvalue weighted by Gasteiger charge is -2.25. The minimum absolute atomic E-state index is 0.673. The van der Waals surface area contributed by atoms with Crippen LogP contribution in [0.5, 0.6) is 0 Å². The number of hydrogen-bond acceptors (Lipinski definition) is 7. The van der Waals surface area contributed by atoms with Gasteiger partial charge in [0.1, 0.15) is 0 Å². The van der Waals surface area contributed by atoms with Crippen molar-refractivity contribution in [3.63, 3.8) is 0 Å². The molecule has 0 saturated carbocycles. The summed E-state index contributed by atoms with van der Waals surface area (Å²) in [4.78, 5) is 19.0. The lowest BCUT2D eigenvalue weighted by atomic mass is 10.2. The SMILES string of the molecule is CC1=NCCN(CCN)CCCN(CCN)CCN=C(C)c2cccc1n2. The maximum atomic E-state index is 5.79. The highest BCUT2D eigenvalue weighted by Gasteiger charge is 2.09. The molecule has 0 atom stereocenters. The highest BCUT2D eigenvalue weighted by atomic mass is 15.2. The van der Waals surface area contributed by atoms with Gasteiger partial charge in [0.2, 0.25) is 0 Å². The number of nitrogens with zero attached hydrogens (tertiary/aromatic N) is 5. The monoisotopic (exact) mass is 373 g/mol. The van der Waals surface area contributed by atoms with Crippen molar-refractivity contribution < 1.29 is 0 Å². The van der Waals surface area contributed by atoms with Crippen molar-refractivity contribution in [1.82, 2.24) is 14.8 Å². The van der Waals surface area contributed by atoms with Crippen LogP contribution in [0.3, 0.4) is 0 Å². The molecule has 0 fully saturated rings. The van der Waals surface area contributed by atoms with E-state index in [1.807, 2.05) is 32.0 Å². The number of rotatable bonds is 4. The minimum atomic E-state index is 0.673. The summed E-state index contributed by atoms with van der Waals surface area (Å²) in [6, 6.07) is 6.05. The quantitative estimate of drug-likeness (QED) is 0.807. The van der Waals surface area contributed by atoms with Crippen molar-refractivity contribution in [3.8, 4) is 0 Å². The molecule has 0 spiro atoms. The molecule has 0 amide bonds. The van der Waals surface area contributed by atoms with Gasteiger partial charge >= 0.3 is 0 Å². The van der Waals surface area contributed by atoms with Gasteiger partial charge < -0.3 is 21.3 Å². The molecule has 150 valence electrons. The Morgan fingerprint density at radius 2 is 1.30 bits per heavy atom. The van der Waals surface area contributed by atoms with E-state index in [1.54, 1.807) is 0 Å². The Labute approximate surface area is 163 Å². The maximum Gasteiger partial charge on any atom is 0.0845 e. The predicted molar refractivity (Wildman–Crippen MR) is 114 cm³/mol. The largest absolute Gasteiger partial charge is 0.329 e. The summed E-state index contributed by atoms with van der Waals surface area (Å²) in [6.45, 7) is 12.6. The second-order valence-corrected chi connectivity index (χ2v) is 6.96. The first-order valence-corrected chi connectivity index (χ1v) is 9.98. The van der Waals surface area contributed by atoms with Gasteiger partial charge in [-0.1, -0.05) is 6.07 Å². The van der Waals surface area contributed by atoms with Gasteiger partial charge in [-0.05, 0) is 45.5 Å². The van der Waals surface area contributed by atoms with Crippen LogP contribution < -0.4 is 11.5 Å². The molecule has 1 aliphatic rings. The van der Waals surface area contributed by atoms with E-state index in [0.29, 0.717) is 13.1 Å². The van der Waals surface area contributed by atoms with Crippen LogP contribution in [-0.4, -0.2) is 91.7 Å². The highest BCUT2D eigenvalue weighted by molar-refractivity contribution is 6.00. The number of fused-ring (bicyclic) bond motifs is 2. The van der Waals surface area contributed by atoms with Crippen molar-refractivity contribution in [3.05, 3.63) is 29.6 Å². The fourth-order valence-corrected chi connectivity index (χ4v) is 3.27. The van der Waals surface area contributed by atoms with Crippen LogP contribution in [0.25, 0.3) is 0 Å². The molecule has 2 heterocycles. The number of hydrogen-bond donors (Lipinski definition) is 2. The highest BCUT2D eigenvalue weighted by Crippen LogP contribution is 2.05. The summed E-state index contributed by atoms with van der Waals surface area (Å²) in [6.07, 6.45) is 1.10. The van der Waals surface area contributed by atoms with E-state index in [2.05, 4.69) is 9.80 Å². The van der Waals surface area contributed by atoms with Crippen LogP contribution in [0, 0.1) is 0 Å². The van der Waals surface area contributed by atoms with E-state index in [-0.39, 0.29) is 0 Å². The molecule has 0 aromatic carbocycles. The molecule has 0 saturated heterocycles. The van der Waals surface area contributed by atoms with Crippen LogP contribution >= 0.6 is 0 Å². The summed E-state index contributed by atoms with van der Waals surface area (Å²) in [5.41, 5.74) is 15.4. The van der Waals surface area contributed by atoms with E-state index < -0.39 is 0 Å². The summed E-state index contributed by atoms with van der Waals surface area (Å²) < 4.78 is 0. The molecule has 1 aromatic rings. The molecule has 0 aliphatic carbocycles. The maximum absolute atomic E-state index is 5.79. The Morgan fingerprint density at radius 3 is 1.74 bits per heavy atom. The number of aliphatic imine (C=N–C) groups is 2. The second-order valence-electron chi connectivity index (χ2n) is 6.96. The van der Waals surface area contributed by atoms with Crippen molar-refractivity contribution in [1.29, 1.82) is 0 Å². The standard InChI is InChI=1S/C20H35N7/c1-17-19-5-3-6-20(25-19)18(2)24-10-16-27(14-8-22)12-4-11-26(13-7-21)15-9-23-17/h3,5-6H,4,7-16,21-22H2,1-2H3. The smallest absolute Gasteiger partial charge is 0.0845 e. The molecule has 0 unspecified atom stereocenters. The van der Waals surface area contributed by atoms with Crippen molar-refractivity contribution >= 4 is 11.4 Å². The Hall–Kier alpha value is -1.67. The molecule has 2 rings (SSSR count). The molecule has 0 radical (unpaired) electrons. The van der Waals surface area contributed by atoms with Crippen LogP contribution in [-0.2, 0) is 0 Å². The normalized spacial score (nSPS) is 18.8. The van der Waals surface area contributed by atoms with E-state index in [0.717, 1.165) is 81.6 Å². The average Bonchev–Trinajstić information content (AvgIpc) is 2.67. The Morgan fingerprint density at radius 1 is 0.815 bits per heavy atom. The summed E-state index contributed by atoms with van der Waals surface area (Å²) in [7, 11) is 0. The van der Waals surface area contributed by atoms with E-state index in [4.69, 9.17) is 26.4 Å². The third-order valence-electron chi connectivity index (χ3n) is 4.86. The van der Waals surface area contributed by atoms with Crippen LogP contribution in [0.1, 0.15) is 31.7 Å².